The molecule has 0 unspecified atom stereocenters. The zero-order chi connectivity index (χ0) is 13.9. The van der Waals surface area contributed by atoms with Crippen molar-refractivity contribution in [2.24, 2.45) is 0 Å². The van der Waals surface area contributed by atoms with Gasteiger partial charge < -0.3 is 0 Å². The third kappa shape index (κ3) is 5.06. The van der Waals surface area contributed by atoms with Gasteiger partial charge in [-0.3, -0.25) is 4.90 Å². The van der Waals surface area contributed by atoms with Gasteiger partial charge in [0.05, 0.1) is 6.26 Å². The van der Waals surface area contributed by atoms with E-state index in [-0.39, 0.29) is 6.04 Å². The van der Waals surface area contributed by atoms with E-state index in [0.717, 1.165) is 38.0 Å². The number of sulfonamides is 1. The molecule has 1 fully saturated rings. The van der Waals surface area contributed by atoms with Crippen molar-refractivity contribution >= 4 is 21.6 Å². The van der Waals surface area contributed by atoms with Crippen LogP contribution < -0.4 is 4.72 Å². The van der Waals surface area contributed by atoms with Crippen LogP contribution in [0, 0.1) is 0 Å². The molecule has 5 nitrogen and oxygen atoms in total. The fourth-order valence-electron chi connectivity index (χ4n) is 2.27. The lowest BCUT2D eigenvalue weighted by Gasteiger charge is -2.31. The summed E-state index contributed by atoms with van der Waals surface area (Å²) in [5.41, 5.74) is 1.12. The molecule has 0 bridgehead atoms. The normalized spacial score (nSPS) is 18.6. The molecular weight excluding hydrogens is 286 g/mol. The monoisotopic (exact) mass is 303 g/mol. The Labute approximate surface area is 119 Å². The van der Waals surface area contributed by atoms with Gasteiger partial charge in [0.2, 0.25) is 10.0 Å². The third-order valence-corrected chi connectivity index (χ3v) is 4.15. The summed E-state index contributed by atoms with van der Waals surface area (Å²) >= 11 is 5.75. The zero-order valence-electron chi connectivity index (χ0n) is 10.8. The van der Waals surface area contributed by atoms with Gasteiger partial charge in [0.15, 0.2) is 0 Å². The molecule has 0 atom stereocenters. The van der Waals surface area contributed by atoms with Crippen LogP contribution in [0.1, 0.15) is 18.4 Å². The van der Waals surface area contributed by atoms with Gasteiger partial charge in [-0.15, -0.1) is 0 Å². The van der Waals surface area contributed by atoms with E-state index in [0.29, 0.717) is 5.15 Å². The first-order chi connectivity index (χ1) is 8.92. The van der Waals surface area contributed by atoms with Gasteiger partial charge in [-0.2, -0.15) is 0 Å². The number of halogens is 1. The van der Waals surface area contributed by atoms with Crippen molar-refractivity contribution in [3.05, 3.63) is 29.0 Å². The highest BCUT2D eigenvalue weighted by molar-refractivity contribution is 7.88. The number of likely N-dealkylation sites (tertiary alicyclic amines) is 1. The Kier molecular flexibility index (Phi) is 4.78. The molecule has 19 heavy (non-hydrogen) atoms. The number of nitrogens with zero attached hydrogens (tertiary/aromatic N) is 2. The van der Waals surface area contributed by atoms with Crippen molar-refractivity contribution < 1.29 is 8.42 Å². The summed E-state index contributed by atoms with van der Waals surface area (Å²) in [5, 5.41) is 0.500. The number of pyridine rings is 1. The topological polar surface area (TPSA) is 62.3 Å². The minimum absolute atomic E-state index is 0.0644. The largest absolute Gasteiger partial charge is 0.299 e. The summed E-state index contributed by atoms with van der Waals surface area (Å²) in [4.78, 5) is 6.35. The number of aromatic nitrogens is 1. The Hall–Kier alpha value is -0.690. The van der Waals surface area contributed by atoms with Crippen molar-refractivity contribution in [1.82, 2.24) is 14.6 Å². The van der Waals surface area contributed by atoms with Gasteiger partial charge >= 0.3 is 0 Å². The van der Waals surface area contributed by atoms with E-state index in [1.807, 2.05) is 6.07 Å². The first-order valence-electron chi connectivity index (χ1n) is 6.22. The second-order valence-electron chi connectivity index (χ2n) is 4.93. The molecule has 7 heteroatoms. The number of hydrogen-bond acceptors (Lipinski definition) is 4. The highest BCUT2D eigenvalue weighted by Crippen LogP contribution is 2.14. The molecule has 0 spiro atoms. The van der Waals surface area contributed by atoms with Crippen LogP contribution in [0.3, 0.4) is 0 Å². The molecule has 1 aliphatic heterocycles. The van der Waals surface area contributed by atoms with Crippen LogP contribution in [0.4, 0.5) is 0 Å². The molecule has 0 saturated carbocycles. The Morgan fingerprint density at radius 2 is 2.11 bits per heavy atom. The van der Waals surface area contributed by atoms with E-state index in [9.17, 15) is 8.42 Å². The summed E-state index contributed by atoms with van der Waals surface area (Å²) < 4.78 is 25.0. The van der Waals surface area contributed by atoms with E-state index >= 15 is 0 Å². The van der Waals surface area contributed by atoms with E-state index in [2.05, 4.69) is 14.6 Å². The van der Waals surface area contributed by atoms with E-state index in [1.54, 1.807) is 12.3 Å². The Bertz CT molecular complexity index is 510. The second-order valence-corrected chi connectivity index (χ2v) is 7.10. The van der Waals surface area contributed by atoms with Gasteiger partial charge in [0, 0.05) is 31.9 Å². The second kappa shape index (κ2) is 6.17. The Morgan fingerprint density at radius 3 is 2.63 bits per heavy atom. The van der Waals surface area contributed by atoms with Crippen molar-refractivity contribution in [3.8, 4) is 0 Å². The molecule has 1 N–H and O–H groups in total. The lowest BCUT2D eigenvalue weighted by atomic mass is 10.1. The standard InChI is InChI=1S/C12H18ClN3O2S/c1-19(17,18)15-11-4-6-16(7-5-11)9-10-2-3-12(13)14-8-10/h2-3,8,11,15H,4-7,9H2,1H3. The molecule has 0 aliphatic carbocycles. The first kappa shape index (κ1) is 14.7. The molecule has 2 heterocycles. The predicted molar refractivity (Wildman–Crippen MR) is 75.5 cm³/mol. The number of rotatable bonds is 4. The SMILES string of the molecule is CS(=O)(=O)NC1CCN(Cc2ccc(Cl)nc2)CC1. The van der Waals surface area contributed by atoms with E-state index in [4.69, 9.17) is 11.6 Å². The molecule has 1 saturated heterocycles. The van der Waals surface area contributed by atoms with Crippen molar-refractivity contribution in [2.45, 2.75) is 25.4 Å². The number of hydrogen-bond donors (Lipinski definition) is 1. The van der Waals surface area contributed by atoms with Crippen LogP contribution in [-0.4, -0.2) is 43.7 Å². The van der Waals surface area contributed by atoms with Gasteiger partial charge in [0.25, 0.3) is 0 Å². The molecule has 0 amide bonds. The molecule has 2 rings (SSSR count). The lowest BCUT2D eigenvalue weighted by molar-refractivity contribution is 0.200. The van der Waals surface area contributed by atoms with Crippen LogP contribution in [0.25, 0.3) is 0 Å². The summed E-state index contributed by atoms with van der Waals surface area (Å²) in [7, 11) is -3.10. The van der Waals surface area contributed by atoms with Crippen LogP contribution in [-0.2, 0) is 16.6 Å². The minimum atomic E-state index is -3.10. The fraction of sp³-hybridized carbons (Fsp3) is 0.583. The van der Waals surface area contributed by atoms with Crippen molar-refractivity contribution in [2.75, 3.05) is 19.3 Å². The molecule has 1 aromatic heterocycles. The number of nitrogens with one attached hydrogen (secondary N) is 1. The zero-order valence-corrected chi connectivity index (χ0v) is 12.4. The van der Waals surface area contributed by atoms with Crippen LogP contribution in [0.5, 0.6) is 0 Å². The molecule has 0 radical (unpaired) electrons. The molecular formula is C12H18ClN3O2S. The van der Waals surface area contributed by atoms with Gasteiger partial charge in [0.1, 0.15) is 5.15 Å². The van der Waals surface area contributed by atoms with Gasteiger partial charge in [-0.05, 0) is 24.5 Å². The van der Waals surface area contributed by atoms with E-state index in [1.165, 1.54) is 6.26 Å². The molecule has 1 aliphatic rings. The summed E-state index contributed by atoms with van der Waals surface area (Å²) in [6.07, 6.45) is 4.67. The smallest absolute Gasteiger partial charge is 0.208 e. The summed E-state index contributed by atoms with van der Waals surface area (Å²) in [6, 6.07) is 3.82. The molecule has 106 valence electrons. The average Bonchev–Trinajstić information content (AvgIpc) is 2.33. The quantitative estimate of drug-likeness (QED) is 0.850. The highest BCUT2D eigenvalue weighted by atomic mass is 35.5. The Balaban J connectivity index is 1.82. The molecule has 0 aromatic carbocycles. The average molecular weight is 304 g/mol. The van der Waals surface area contributed by atoms with Crippen LogP contribution >= 0.6 is 11.6 Å². The minimum Gasteiger partial charge on any atom is -0.299 e. The first-order valence-corrected chi connectivity index (χ1v) is 8.49. The third-order valence-electron chi connectivity index (χ3n) is 3.16. The van der Waals surface area contributed by atoms with Crippen molar-refractivity contribution in [1.29, 1.82) is 0 Å². The van der Waals surface area contributed by atoms with Crippen LogP contribution in [0.15, 0.2) is 18.3 Å². The Morgan fingerprint density at radius 1 is 1.42 bits per heavy atom. The van der Waals surface area contributed by atoms with Crippen LogP contribution in [0.2, 0.25) is 5.15 Å². The van der Waals surface area contributed by atoms with Gasteiger partial charge in [-0.1, -0.05) is 17.7 Å². The van der Waals surface area contributed by atoms with Gasteiger partial charge in [-0.25, -0.2) is 18.1 Å². The maximum Gasteiger partial charge on any atom is 0.208 e. The van der Waals surface area contributed by atoms with Crippen molar-refractivity contribution in [3.63, 3.8) is 0 Å². The maximum atomic E-state index is 11.2. The highest BCUT2D eigenvalue weighted by Gasteiger charge is 2.21. The maximum absolute atomic E-state index is 11.2. The fourth-order valence-corrected chi connectivity index (χ4v) is 3.22. The summed E-state index contributed by atoms with van der Waals surface area (Å²) in [5.74, 6) is 0. The lowest BCUT2D eigenvalue weighted by Crippen LogP contribution is -2.43. The summed E-state index contributed by atoms with van der Waals surface area (Å²) in [6.45, 7) is 2.60. The van der Waals surface area contributed by atoms with E-state index < -0.39 is 10.0 Å². The molecule has 1 aromatic rings. The predicted octanol–water partition coefficient (Wildman–Crippen LogP) is 1.25. The number of piperidine rings is 1.